The molecule has 2 fully saturated rings. The van der Waals surface area contributed by atoms with E-state index in [2.05, 4.69) is 0 Å². The summed E-state index contributed by atoms with van der Waals surface area (Å²) in [7, 11) is 0. The molecule has 0 amide bonds. The highest BCUT2D eigenvalue weighted by Gasteiger charge is 2.40. The van der Waals surface area contributed by atoms with Crippen molar-refractivity contribution in [1.29, 1.82) is 0 Å². The maximum absolute atomic E-state index is 6.06. The molecule has 1 aromatic carbocycles. The lowest BCUT2D eigenvalue weighted by Crippen LogP contribution is -2.34. The molecule has 0 atom stereocenters. The Labute approximate surface area is 117 Å². The molecule has 1 saturated carbocycles. The molecule has 0 aromatic heterocycles. The zero-order chi connectivity index (χ0) is 12.6. The van der Waals surface area contributed by atoms with Crippen LogP contribution in [0.3, 0.4) is 0 Å². The van der Waals surface area contributed by atoms with E-state index in [0.29, 0.717) is 16.0 Å². The van der Waals surface area contributed by atoms with Crippen molar-refractivity contribution >= 4 is 23.2 Å². The van der Waals surface area contributed by atoms with Crippen LogP contribution in [0.4, 0.5) is 0 Å². The summed E-state index contributed by atoms with van der Waals surface area (Å²) in [6.07, 6.45) is 4.05. The zero-order valence-corrected chi connectivity index (χ0v) is 11.6. The highest BCUT2D eigenvalue weighted by Crippen LogP contribution is 2.43. The summed E-state index contributed by atoms with van der Waals surface area (Å²) in [5.41, 5.74) is 1.24. The molecule has 98 valence electrons. The van der Waals surface area contributed by atoms with Crippen LogP contribution in [0.15, 0.2) is 18.2 Å². The van der Waals surface area contributed by atoms with Crippen molar-refractivity contribution in [3.8, 4) is 0 Å². The summed E-state index contributed by atoms with van der Waals surface area (Å²) in [5, 5.41) is 1.43. The Morgan fingerprint density at radius 1 is 0.944 bits per heavy atom. The molecule has 0 radical (unpaired) electrons. The lowest BCUT2D eigenvalue weighted by molar-refractivity contribution is -0.178. The van der Waals surface area contributed by atoms with E-state index < -0.39 is 0 Å². The summed E-state index contributed by atoms with van der Waals surface area (Å²) in [5.74, 6) is 0.221. The topological polar surface area (TPSA) is 18.5 Å². The molecule has 0 bridgehead atoms. The highest BCUT2D eigenvalue weighted by molar-refractivity contribution is 6.34. The molecule has 1 heterocycles. The predicted molar refractivity (Wildman–Crippen MR) is 72.3 cm³/mol. The second-order valence-corrected chi connectivity index (χ2v) is 5.96. The second kappa shape index (κ2) is 5.01. The Morgan fingerprint density at radius 2 is 1.50 bits per heavy atom. The fourth-order valence-electron chi connectivity index (χ4n) is 2.99. The van der Waals surface area contributed by atoms with E-state index in [0.717, 1.165) is 38.9 Å². The Bertz CT molecular complexity index is 411. The van der Waals surface area contributed by atoms with Crippen LogP contribution < -0.4 is 0 Å². The SMILES string of the molecule is Clc1cc(Cl)cc(C2CCC3(CC2)OCCO3)c1. The third-order valence-electron chi connectivity index (χ3n) is 3.92. The van der Waals surface area contributed by atoms with Gasteiger partial charge >= 0.3 is 0 Å². The van der Waals surface area contributed by atoms with Crippen LogP contribution in [0.1, 0.15) is 37.2 Å². The molecule has 4 heteroatoms. The van der Waals surface area contributed by atoms with Crippen LogP contribution in [0.5, 0.6) is 0 Å². The summed E-state index contributed by atoms with van der Waals surface area (Å²) < 4.78 is 11.5. The predicted octanol–water partition coefficient (Wildman–Crippen LogP) is 4.39. The van der Waals surface area contributed by atoms with Gasteiger partial charge in [0.05, 0.1) is 13.2 Å². The van der Waals surface area contributed by atoms with E-state index in [1.54, 1.807) is 6.07 Å². The van der Waals surface area contributed by atoms with Crippen molar-refractivity contribution in [3.05, 3.63) is 33.8 Å². The van der Waals surface area contributed by atoms with Crippen molar-refractivity contribution in [2.24, 2.45) is 0 Å². The molecule has 1 saturated heterocycles. The second-order valence-electron chi connectivity index (χ2n) is 5.08. The zero-order valence-electron chi connectivity index (χ0n) is 10.1. The normalized spacial score (nSPS) is 23.7. The summed E-state index contributed by atoms with van der Waals surface area (Å²) in [4.78, 5) is 0. The van der Waals surface area contributed by atoms with E-state index in [-0.39, 0.29) is 5.79 Å². The molecule has 3 rings (SSSR count). The number of halogens is 2. The minimum Gasteiger partial charge on any atom is -0.348 e. The van der Waals surface area contributed by atoms with Crippen molar-refractivity contribution in [1.82, 2.24) is 0 Å². The van der Waals surface area contributed by atoms with Gasteiger partial charge in [0, 0.05) is 22.9 Å². The molecular formula is C14H16Cl2O2. The molecule has 0 N–H and O–H groups in total. The van der Waals surface area contributed by atoms with Crippen molar-refractivity contribution in [3.63, 3.8) is 0 Å². The molecule has 1 aliphatic heterocycles. The van der Waals surface area contributed by atoms with Gasteiger partial charge in [0.25, 0.3) is 0 Å². The molecule has 1 aromatic rings. The first-order valence-corrected chi connectivity index (χ1v) is 7.16. The minimum atomic E-state index is -0.293. The van der Waals surface area contributed by atoms with E-state index in [4.69, 9.17) is 32.7 Å². The molecule has 1 aliphatic carbocycles. The van der Waals surface area contributed by atoms with Gasteiger partial charge in [-0.1, -0.05) is 23.2 Å². The van der Waals surface area contributed by atoms with Crippen LogP contribution in [-0.2, 0) is 9.47 Å². The molecular weight excluding hydrogens is 271 g/mol. The summed E-state index contributed by atoms with van der Waals surface area (Å²) in [6.45, 7) is 1.46. The number of hydrogen-bond donors (Lipinski definition) is 0. The average Bonchev–Trinajstić information content (AvgIpc) is 2.77. The maximum Gasteiger partial charge on any atom is 0.168 e. The van der Waals surface area contributed by atoms with Gasteiger partial charge < -0.3 is 9.47 Å². The van der Waals surface area contributed by atoms with E-state index in [9.17, 15) is 0 Å². The van der Waals surface area contributed by atoms with Gasteiger partial charge in [-0.15, -0.1) is 0 Å². The molecule has 2 aliphatic rings. The summed E-state index contributed by atoms with van der Waals surface area (Å²) >= 11 is 12.1. The standard InChI is InChI=1S/C14H16Cl2O2/c15-12-7-11(8-13(16)9-12)10-1-3-14(4-2-10)17-5-6-18-14/h7-10H,1-6H2. The lowest BCUT2D eigenvalue weighted by atomic mass is 9.81. The van der Waals surface area contributed by atoms with Crippen LogP contribution in [0.25, 0.3) is 0 Å². The lowest BCUT2D eigenvalue weighted by Gasteiger charge is -2.35. The third kappa shape index (κ3) is 2.53. The highest BCUT2D eigenvalue weighted by atomic mass is 35.5. The largest absolute Gasteiger partial charge is 0.348 e. The van der Waals surface area contributed by atoms with Gasteiger partial charge in [-0.2, -0.15) is 0 Å². The fourth-order valence-corrected chi connectivity index (χ4v) is 3.53. The van der Waals surface area contributed by atoms with Crippen molar-refractivity contribution in [2.75, 3.05) is 13.2 Å². The van der Waals surface area contributed by atoms with Crippen molar-refractivity contribution in [2.45, 2.75) is 37.4 Å². The number of ether oxygens (including phenoxy) is 2. The number of hydrogen-bond acceptors (Lipinski definition) is 2. The van der Waals surface area contributed by atoms with Crippen LogP contribution in [0.2, 0.25) is 10.0 Å². The molecule has 18 heavy (non-hydrogen) atoms. The van der Waals surface area contributed by atoms with Gasteiger partial charge in [-0.3, -0.25) is 0 Å². The average molecular weight is 287 g/mol. The molecule has 1 spiro atoms. The Kier molecular flexibility index (Phi) is 3.55. The first-order valence-electron chi connectivity index (χ1n) is 6.41. The number of rotatable bonds is 1. The van der Waals surface area contributed by atoms with Gasteiger partial charge in [0.15, 0.2) is 5.79 Å². The Hall–Kier alpha value is -0.280. The van der Waals surface area contributed by atoms with Gasteiger partial charge in [0.2, 0.25) is 0 Å². The van der Waals surface area contributed by atoms with Gasteiger partial charge in [0.1, 0.15) is 0 Å². The van der Waals surface area contributed by atoms with Gasteiger partial charge in [-0.25, -0.2) is 0 Å². The Morgan fingerprint density at radius 3 is 2.06 bits per heavy atom. The quantitative estimate of drug-likeness (QED) is 0.762. The Balaban J connectivity index is 1.72. The number of benzene rings is 1. The minimum absolute atomic E-state index is 0.293. The van der Waals surface area contributed by atoms with E-state index >= 15 is 0 Å². The smallest absolute Gasteiger partial charge is 0.168 e. The first-order chi connectivity index (χ1) is 8.67. The monoisotopic (exact) mass is 286 g/mol. The van der Waals surface area contributed by atoms with E-state index in [1.807, 2.05) is 12.1 Å². The maximum atomic E-state index is 6.06. The fraction of sp³-hybridized carbons (Fsp3) is 0.571. The van der Waals surface area contributed by atoms with Crippen LogP contribution in [0, 0.1) is 0 Å². The third-order valence-corrected chi connectivity index (χ3v) is 4.35. The van der Waals surface area contributed by atoms with E-state index in [1.165, 1.54) is 5.56 Å². The molecule has 2 nitrogen and oxygen atoms in total. The van der Waals surface area contributed by atoms with Gasteiger partial charge in [-0.05, 0) is 42.5 Å². The van der Waals surface area contributed by atoms with Crippen LogP contribution >= 0.6 is 23.2 Å². The van der Waals surface area contributed by atoms with Crippen LogP contribution in [-0.4, -0.2) is 19.0 Å². The van der Waals surface area contributed by atoms with Crippen molar-refractivity contribution < 1.29 is 9.47 Å². The summed E-state index contributed by atoms with van der Waals surface area (Å²) in [6, 6.07) is 5.82. The molecule has 0 unspecified atom stereocenters. The first kappa shape index (κ1) is 12.7.